The lowest BCUT2D eigenvalue weighted by molar-refractivity contribution is 0.415. The van der Waals surface area contributed by atoms with Gasteiger partial charge in [0.1, 0.15) is 5.75 Å². The van der Waals surface area contributed by atoms with Gasteiger partial charge >= 0.3 is 0 Å². The fraction of sp³-hybridized carbons (Fsp3) is 0.222. The van der Waals surface area contributed by atoms with Gasteiger partial charge in [0, 0.05) is 30.9 Å². The Morgan fingerprint density at radius 2 is 1.95 bits per heavy atom. The summed E-state index contributed by atoms with van der Waals surface area (Å²) in [6, 6.07) is 16.2. The fourth-order valence-electron chi connectivity index (χ4n) is 2.12. The van der Waals surface area contributed by atoms with Crippen molar-refractivity contribution in [2.45, 2.75) is 6.54 Å². The van der Waals surface area contributed by atoms with Crippen LogP contribution < -0.4 is 15.4 Å². The number of rotatable bonds is 4. The maximum absolute atomic E-state index is 5.45. The highest BCUT2D eigenvalue weighted by Crippen LogP contribution is 2.22. The first-order chi connectivity index (χ1) is 10.2. The Balaban J connectivity index is 2.21. The van der Waals surface area contributed by atoms with Gasteiger partial charge in [0.05, 0.1) is 13.7 Å². The molecule has 0 aliphatic carbocycles. The molecule has 0 amide bonds. The Morgan fingerprint density at radius 1 is 1.14 bits per heavy atom. The summed E-state index contributed by atoms with van der Waals surface area (Å²) in [5.74, 6) is 6.90. The SMILES string of the molecule is COc1cccc(N(C)Cc2ccccc2C#CCN)c1. The zero-order valence-corrected chi connectivity index (χ0v) is 12.5. The Bertz CT molecular complexity index is 656. The molecule has 0 atom stereocenters. The summed E-state index contributed by atoms with van der Waals surface area (Å²) in [5.41, 5.74) is 8.77. The van der Waals surface area contributed by atoms with E-state index in [1.165, 1.54) is 5.56 Å². The molecule has 2 N–H and O–H groups in total. The second-order valence-electron chi connectivity index (χ2n) is 4.72. The molecule has 2 aromatic carbocycles. The predicted molar refractivity (Wildman–Crippen MR) is 87.5 cm³/mol. The van der Waals surface area contributed by atoms with Crippen LogP contribution in [0.3, 0.4) is 0 Å². The molecule has 108 valence electrons. The Labute approximate surface area is 126 Å². The minimum atomic E-state index is 0.375. The Hall–Kier alpha value is -2.44. The third kappa shape index (κ3) is 4.01. The van der Waals surface area contributed by atoms with Gasteiger partial charge in [0.25, 0.3) is 0 Å². The average Bonchev–Trinajstić information content (AvgIpc) is 2.54. The van der Waals surface area contributed by atoms with Gasteiger partial charge in [-0.3, -0.25) is 0 Å². The van der Waals surface area contributed by atoms with Crippen molar-refractivity contribution in [2.24, 2.45) is 5.73 Å². The van der Waals surface area contributed by atoms with Gasteiger partial charge in [-0.25, -0.2) is 0 Å². The summed E-state index contributed by atoms with van der Waals surface area (Å²) < 4.78 is 5.27. The van der Waals surface area contributed by atoms with Gasteiger partial charge in [-0.15, -0.1) is 0 Å². The Kier molecular flexibility index (Phi) is 5.25. The third-order valence-corrected chi connectivity index (χ3v) is 3.24. The first-order valence-corrected chi connectivity index (χ1v) is 6.86. The van der Waals surface area contributed by atoms with Gasteiger partial charge in [-0.05, 0) is 23.8 Å². The highest BCUT2D eigenvalue weighted by Gasteiger charge is 2.06. The standard InChI is InChI=1S/C18H20N2O/c1-20(17-10-5-11-18(13-17)21-2)14-16-8-4-3-7-15(16)9-6-12-19/h3-5,7-8,10-11,13H,12,14,19H2,1-2H3. The van der Waals surface area contributed by atoms with Crippen molar-refractivity contribution in [1.82, 2.24) is 0 Å². The molecule has 3 heteroatoms. The number of methoxy groups -OCH3 is 1. The van der Waals surface area contributed by atoms with Crippen molar-refractivity contribution >= 4 is 5.69 Å². The topological polar surface area (TPSA) is 38.5 Å². The average molecular weight is 280 g/mol. The van der Waals surface area contributed by atoms with Crippen LogP contribution in [0, 0.1) is 11.8 Å². The van der Waals surface area contributed by atoms with Gasteiger partial charge in [0.2, 0.25) is 0 Å². The highest BCUT2D eigenvalue weighted by molar-refractivity contribution is 5.52. The van der Waals surface area contributed by atoms with Crippen molar-refractivity contribution in [2.75, 3.05) is 25.6 Å². The minimum Gasteiger partial charge on any atom is -0.497 e. The highest BCUT2D eigenvalue weighted by atomic mass is 16.5. The van der Waals surface area contributed by atoms with E-state index in [0.29, 0.717) is 6.54 Å². The van der Waals surface area contributed by atoms with Gasteiger partial charge < -0.3 is 15.4 Å². The number of hydrogen-bond donors (Lipinski definition) is 1. The molecule has 0 saturated heterocycles. The quantitative estimate of drug-likeness (QED) is 0.875. The molecule has 0 aromatic heterocycles. The van der Waals surface area contributed by atoms with Crippen LogP contribution in [-0.4, -0.2) is 20.7 Å². The molecule has 0 aliphatic rings. The second-order valence-corrected chi connectivity index (χ2v) is 4.72. The monoisotopic (exact) mass is 280 g/mol. The lowest BCUT2D eigenvalue weighted by Gasteiger charge is -2.20. The zero-order valence-electron chi connectivity index (χ0n) is 12.5. The Morgan fingerprint density at radius 3 is 2.71 bits per heavy atom. The molecule has 3 nitrogen and oxygen atoms in total. The predicted octanol–water partition coefficient (Wildman–Crippen LogP) is 2.64. The number of ether oxygens (including phenoxy) is 1. The summed E-state index contributed by atoms with van der Waals surface area (Å²) in [6.45, 7) is 1.16. The molecule has 2 rings (SSSR count). The molecule has 0 aliphatic heterocycles. The number of nitrogens with two attached hydrogens (primary N) is 1. The van der Waals surface area contributed by atoms with Crippen LogP contribution in [-0.2, 0) is 6.54 Å². The summed E-state index contributed by atoms with van der Waals surface area (Å²) in [4.78, 5) is 2.17. The van der Waals surface area contributed by atoms with E-state index in [0.717, 1.165) is 23.5 Å². The van der Waals surface area contributed by atoms with E-state index in [9.17, 15) is 0 Å². The van der Waals surface area contributed by atoms with Crippen molar-refractivity contribution < 1.29 is 4.74 Å². The summed E-state index contributed by atoms with van der Waals surface area (Å²) in [5, 5.41) is 0. The van der Waals surface area contributed by atoms with E-state index < -0.39 is 0 Å². The molecule has 0 bridgehead atoms. The lowest BCUT2D eigenvalue weighted by atomic mass is 10.1. The maximum Gasteiger partial charge on any atom is 0.120 e. The minimum absolute atomic E-state index is 0.375. The van der Waals surface area contributed by atoms with E-state index in [1.807, 2.05) is 36.4 Å². The second kappa shape index (κ2) is 7.37. The van der Waals surface area contributed by atoms with Crippen molar-refractivity contribution in [3.05, 3.63) is 59.7 Å². The first kappa shape index (κ1) is 15.0. The van der Waals surface area contributed by atoms with Crippen LogP contribution in [0.5, 0.6) is 5.75 Å². The van der Waals surface area contributed by atoms with Crippen molar-refractivity contribution in [3.63, 3.8) is 0 Å². The van der Waals surface area contributed by atoms with Gasteiger partial charge in [-0.1, -0.05) is 36.1 Å². The summed E-state index contributed by atoms with van der Waals surface area (Å²) >= 11 is 0. The normalized spacial score (nSPS) is 9.67. The van der Waals surface area contributed by atoms with E-state index in [2.05, 4.69) is 35.9 Å². The molecule has 0 unspecified atom stereocenters. The fourth-order valence-corrected chi connectivity index (χ4v) is 2.12. The van der Waals surface area contributed by atoms with Crippen molar-refractivity contribution in [1.29, 1.82) is 0 Å². The largest absolute Gasteiger partial charge is 0.497 e. The van der Waals surface area contributed by atoms with Gasteiger partial charge in [-0.2, -0.15) is 0 Å². The van der Waals surface area contributed by atoms with Crippen LogP contribution in [0.2, 0.25) is 0 Å². The van der Waals surface area contributed by atoms with Crippen LogP contribution in [0.1, 0.15) is 11.1 Å². The number of nitrogens with zero attached hydrogens (tertiary/aromatic N) is 1. The summed E-state index contributed by atoms with van der Waals surface area (Å²) in [7, 11) is 3.73. The van der Waals surface area contributed by atoms with E-state index >= 15 is 0 Å². The molecule has 0 heterocycles. The van der Waals surface area contributed by atoms with Crippen LogP contribution in [0.25, 0.3) is 0 Å². The van der Waals surface area contributed by atoms with E-state index in [-0.39, 0.29) is 0 Å². The molecule has 0 spiro atoms. The molecule has 0 fully saturated rings. The molecule has 0 radical (unpaired) electrons. The summed E-state index contributed by atoms with van der Waals surface area (Å²) in [6.07, 6.45) is 0. The van der Waals surface area contributed by atoms with Crippen LogP contribution >= 0.6 is 0 Å². The number of hydrogen-bond acceptors (Lipinski definition) is 3. The number of benzene rings is 2. The molecule has 21 heavy (non-hydrogen) atoms. The lowest BCUT2D eigenvalue weighted by Crippen LogP contribution is -2.17. The van der Waals surface area contributed by atoms with Crippen LogP contribution in [0.15, 0.2) is 48.5 Å². The molecule has 2 aromatic rings. The molecular formula is C18H20N2O. The van der Waals surface area contributed by atoms with E-state index in [1.54, 1.807) is 7.11 Å². The van der Waals surface area contributed by atoms with E-state index in [4.69, 9.17) is 10.5 Å². The first-order valence-electron chi connectivity index (χ1n) is 6.86. The molecular weight excluding hydrogens is 260 g/mol. The van der Waals surface area contributed by atoms with Crippen LogP contribution in [0.4, 0.5) is 5.69 Å². The molecule has 0 saturated carbocycles. The third-order valence-electron chi connectivity index (χ3n) is 3.24. The maximum atomic E-state index is 5.45. The van der Waals surface area contributed by atoms with Gasteiger partial charge in [0.15, 0.2) is 0 Å². The smallest absolute Gasteiger partial charge is 0.120 e. The van der Waals surface area contributed by atoms with Crippen molar-refractivity contribution in [3.8, 4) is 17.6 Å². The number of anilines is 1. The zero-order chi connectivity index (χ0) is 15.1.